The highest BCUT2D eigenvalue weighted by atomic mass is 32.2. The molecule has 1 heterocycles. The first kappa shape index (κ1) is 13.6. The van der Waals surface area contributed by atoms with Crippen molar-refractivity contribution in [1.29, 1.82) is 0 Å². The summed E-state index contributed by atoms with van der Waals surface area (Å²) in [6.45, 7) is 6.51. The number of hydrogen-bond donors (Lipinski definition) is 0. The minimum atomic E-state index is 0.648. The van der Waals surface area contributed by atoms with E-state index < -0.39 is 0 Å². The zero-order valence-corrected chi connectivity index (χ0v) is 11.9. The molecule has 0 spiro atoms. The topological polar surface area (TPSA) is 52.8 Å². The van der Waals surface area contributed by atoms with E-state index in [4.69, 9.17) is 4.74 Å². The minimum absolute atomic E-state index is 0.648. The SMILES string of the molecule is C=C(C)CSc1nnnn1Cc1ccc(OC)cc1. The highest BCUT2D eigenvalue weighted by Gasteiger charge is 2.07. The molecule has 0 aliphatic rings. The summed E-state index contributed by atoms with van der Waals surface area (Å²) in [5, 5.41) is 12.5. The van der Waals surface area contributed by atoms with Crippen LogP contribution in [0.2, 0.25) is 0 Å². The monoisotopic (exact) mass is 276 g/mol. The van der Waals surface area contributed by atoms with Gasteiger partial charge in [-0.05, 0) is 35.0 Å². The van der Waals surface area contributed by atoms with E-state index in [1.807, 2.05) is 31.2 Å². The number of benzene rings is 1. The molecule has 100 valence electrons. The van der Waals surface area contributed by atoms with Crippen LogP contribution in [0.5, 0.6) is 5.75 Å². The molecule has 1 aromatic carbocycles. The number of hydrogen-bond acceptors (Lipinski definition) is 5. The predicted molar refractivity (Wildman–Crippen MR) is 75.5 cm³/mol. The molecule has 0 bridgehead atoms. The van der Waals surface area contributed by atoms with Crippen molar-refractivity contribution in [3.63, 3.8) is 0 Å². The van der Waals surface area contributed by atoms with Crippen molar-refractivity contribution in [2.75, 3.05) is 12.9 Å². The van der Waals surface area contributed by atoms with Gasteiger partial charge >= 0.3 is 0 Å². The van der Waals surface area contributed by atoms with E-state index in [1.165, 1.54) is 0 Å². The molecule has 0 fully saturated rings. The molecule has 0 radical (unpaired) electrons. The fourth-order valence-corrected chi connectivity index (χ4v) is 2.21. The van der Waals surface area contributed by atoms with E-state index in [0.29, 0.717) is 6.54 Å². The Bertz CT molecular complexity index is 550. The van der Waals surface area contributed by atoms with Gasteiger partial charge in [-0.2, -0.15) is 0 Å². The van der Waals surface area contributed by atoms with Gasteiger partial charge in [0, 0.05) is 5.75 Å². The van der Waals surface area contributed by atoms with Crippen LogP contribution in [0.25, 0.3) is 0 Å². The van der Waals surface area contributed by atoms with Gasteiger partial charge in [-0.3, -0.25) is 0 Å². The van der Waals surface area contributed by atoms with Crippen molar-refractivity contribution in [3.05, 3.63) is 42.0 Å². The molecule has 6 heteroatoms. The second-order valence-corrected chi connectivity index (χ2v) is 5.16. The molecular formula is C13H16N4OS. The Balaban J connectivity index is 2.05. The van der Waals surface area contributed by atoms with Gasteiger partial charge in [0.2, 0.25) is 5.16 Å². The second kappa shape index (κ2) is 6.38. The maximum Gasteiger partial charge on any atom is 0.209 e. The van der Waals surface area contributed by atoms with Crippen molar-refractivity contribution in [2.45, 2.75) is 18.6 Å². The average Bonchev–Trinajstić information content (AvgIpc) is 2.84. The Kier molecular flexibility index (Phi) is 4.57. The van der Waals surface area contributed by atoms with Crippen LogP contribution >= 0.6 is 11.8 Å². The van der Waals surface area contributed by atoms with Gasteiger partial charge in [0.1, 0.15) is 5.75 Å². The quantitative estimate of drug-likeness (QED) is 0.599. The third kappa shape index (κ3) is 3.82. The van der Waals surface area contributed by atoms with Crippen LogP contribution in [0.1, 0.15) is 12.5 Å². The van der Waals surface area contributed by atoms with E-state index in [2.05, 4.69) is 22.1 Å². The number of thioether (sulfide) groups is 1. The van der Waals surface area contributed by atoms with Crippen LogP contribution in [-0.2, 0) is 6.54 Å². The summed E-state index contributed by atoms with van der Waals surface area (Å²) < 4.78 is 6.92. The molecule has 0 unspecified atom stereocenters. The predicted octanol–water partition coefficient (Wildman–Crippen LogP) is 2.40. The third-order valence-corrected chi connectivity index (χ3v) is 3.63. The number of aromatic nitrogens is 4. The van der Waals surface area contributed by atoms with Crippen molar-refractivity contribution in [2.24, 2.45) is 0 Å². The van der Waals surface area contributed by atoms with Gasteiger partial charge in [-0.25, -0.2) is 4.68 Å². The summed E-state index contributed by atoms with van der Waals surface area (Å²) in [6.07, 6.45) is 0. The lowest BCUT2D eigenvalue weighted by molar-refractivity contribution is 0.414. The van der Waals surface area contributed by atoms with Crippen molar-refractivity contribution in [1.82, 2.24) is 20.2 Å². The summed E-state index contributed by atoms with van der Waals surface area (Å²) in [6, 6.07) is 7.88. The smallest absolute Gasteiger partial charge is 0.209 e. The molecule has 2 rings (SSSR count). The van der Waals surface area contributed by atoms with Gasteiger partial charge in [-0.15, -0.1) is 5.10 Å². The van der Waals surface area contributed by atoms with E-state index in [9.17, 15) is 0 Å². The number of methoxy groups -OCH3 is 1. The summed E-state index contributed by atoms with van der Waals surface area (Å²) >= 11 is 1.59. The van der Waals surface area contributed by atoms with Crippen LogP contribution in [0.4, 0.5) is 0 Å². The standard InChI is InChI=1S/C13H16N4OS/c1-10(2)9-19-13-14-15-16-17(13)8-11-4-6-12(18-3)7-5-11/h4-7H,1,8-9H2,2-3H3. The Morgan fingerprint density at radius 3 is 2.74 bits per heavy atom. The molecule has 0 N–H and O–H groups in total. The molecule has 0 saturated heterocycles. The Labute approximate surface area is 116 Å². The van der Waals surface area contributed by atoms with Crippen LogP contribution in [-0.4, -0.2) is 33.1 Å². The van der Waals surface area contributed by atoms with Crippen molar-refractivity contribution >= 4 is 11.8 Å². The molecule has 0 aliphatic carbocycles. The number of ether oxygens (including phenoxy) is 1. The first-order chi connectivity index (χ1) is 9.19. The molecule has 5 nitrogen and oxygen atoms in total. The van der Waals surface area contributed by atoms with Crippen molar-refractivity contribution in [3.8, 4) is 5.75 Å². The average molecular weight is 276 g/mol. The Morgan fingerprint density at radius 1 is 1.37 bits per heavy atom. The summed E-state index contributed by atoms with van der Waals surface area (Å²) in [7, 11) is 1.66. The van der Waals surface area contributed by atoms with Crippen LogP contribution < -0.4 is 4.74 Å². The fourth-order valence-electron chi connectivity index (χ4n) is 1.49. The summed E-state index contributed by atoms with van der Waals surface area (Å²) in [4.78, 5) is 0. The Hall–Kier alpha value is -1.82. The lowest BCUT2D eigenvalue weighted by atomic mass is 10.2. The normalized spacial score (nSPS) is 10.4. The van der Waals surface area contributed by atoms with E-state index >= 15 is 0 Å². The molecule has 0 saturated carbocycles. The van der Waals surface area contributed by atoms with E-state index in [1.54, 1.807) is 23.6 Å². The van der Waals surface area contributed by atoms with Crippen LogP contribution in [0.15, 0.2) is 41.6 Å². The molecule has 19 heavy (non-hydrogen) atoms. The van der Waals surface area contributed by atoms with Crippen LogP contribution in [0, 0.1) is 0 Å². The van der Waals surface area contributed by atoms with Gasteiger partial charge in [0.05, 0.1) is 13.7 Å². The molecule has 1 aromatic heterocycles. The fraction of sp³-hybridized carbons (Fsp3) is 0.308. The van der Waals surface area contributed by atoms with Gasteiger partial charge in [0.15, 0.2) is 0 Å². The first-order valence-corrected chi connectivity index (χ1v) is 6.84. The highest BCUT2D eigenvalue weighted by molar-refractivity contribution is 7.99. The van der Waals surface area contributed by atoms with Crippen molar-refractivity contribution < 1.29 is 4.74 Å². The highest BCUT2D eigenvalue weighted by Crippen LogP contribution is 2.18. The molecular weight excluding hydrogens is 260 g/mol. The number of tetrazole rings is 1. The summed E-state index contributed by atoms with van der Waals surface area (Å²) in [5.41, 5.74) is 2.23. The lowest BCUT2D eigenvalue weighted by Crippen LogP contribution is -2.04. The lowest BCUT2D eigenvalue weighted by Gasteiger charge is -2.05. The second-order valence-electron chi connectivity index (χ2n) is 4.21. The molecule has 0 atom stereocenters. The number of rotatable bonds is 6. The largest absolute Gasteiger partial charge is 0.497 e. The zero-order valence-electron chi connectivity index (χ0n) is 11.0. The molecule has 0 aliphatic heterocycles. The minimum Gasteiger partial charge on any atom is -0.497 e. The summed E-state index contributed by atoms with van der Waals surface area (Å²) in [5.74, 6) is 1.67. The van der Waals surface area contributed by atoms with Gasteiger partial charge < -0.3 is 4.74 Å². The molecule has 0 amide bonds. The van der Waals surface area contributed by atoms with Gasteiger partial charge in [-0.1, -0.05) is 36.0 Å². The van der Waals surface area contributed by atoms with E-state index in [0.717, 1.165) is 27.8 Å². The Morgan fingerprint density at radius 2 is 2.11 bits per heavy atom. The van der Waals surface area contributed by atoms with E-state index in [-0.39, 0.29) is 0 Å². The third-order valence-electron chi connectivity index (χ3n) is 2.44. The molecule has 2 aromatic rings. The maximum atomic E-state index is 5.13. The number of nitrogens with zero attached hydrogens (tertiary/aromatic N) is 4. The van der Waals surface area contributed by atoms with Gasteiger partial charge in [0.25, 0.3) is 0 Å². The van der Waals surface area contributed by atoms with Crippen LogP contribution in [0.3, 0.4) is 0 Å². The first-order valence-electron chi connectivity index (χ1n) is 5.85. The zero-order chi connectivity index (χ0) is 13.7. The maximum absolute atomic E-state index is 5.13.